The molecule has 3 aromatic rings. The van der Waals surface area contributed by atoms with E-state index in [4.69, 9.17) is 14.5 Å². The number of aromatic nitrogens is 2. The van der Waals surface area contributed by atoms with Gasteiger partial charge in [-0.25, -0.2) is 14.2 Å². The van der Waals surface area contributed by atoms with Crippen molar-refractivity contribution in [3.63, 3.8) is 0 Å². The fourth-order valence-corrected chi connectivity index (χ4v) is 6.57. The van der Waals surface area contributed by atoms with Crippen LogP contribution in [-0.4, -0.2) is 33.6 Å². The average molecular weight is 578 g/mol. The number of aliphatic hydroxyl groups is 1. The number of nitrogens with zero attached hydrogens (tertiary/aromatic N) is 2. The van der Waals surface area contributed by atoms with E-state index >= 15 is 4.39 Å². The predicted octanol–water partition coefficient (Wildman–Crippen LogP) is 4.40. The van der Waals surface area contributed by atoms with Crippen LogP contribution in [0.5, 0.6) is 5.75 Å². The Kier molecular flexibility index (Phi) is 6.49. The van der Waals surface area contributed by atoms with Gasteiger partial charge in [-0.05, 0) is 42.2 Å². The van der Waals surface area contributed by atoms with E-state index in [1.165, 1.54) is 13.2 Å². The summed E-state index contributed by atoms with van der Waals surface area (Å²) in [7, 11) is 1.43. The molecule has 3 atom stereocenters. The molecule has 2 N–H and O–H groups in total. The molecule has 222 valence electrons. The van der Waals surface area contributed by atoms with Gasteiger partial charge < -0.3 is 24.5 Å². The van der Waals surface area contributed by atoms with Gasteiger partial charge in [-0.1, -0.05) is 34.6 Å². The summed E-state index contributed by atoms with van der Waals surface area (Å²) in [6.07, 6.45) is 1.38. The zero-order valence-electron chi connectivity index (χ0n) is 24.8. The van der Waals surface area contributed by atoms with Gasteiger partial charge in [0.25, 0.3) is 5.56 Å². The van der Waals surface area contributed by atoms with E-state index < -0.39 is 17.4 Å². The molecule has 1 unspecified atom stereocenters. The SMILES string of the molecule is CC[C@@]1(O)C(=O)OCc2c1cc1n(c2=O)Cc2c-1nc1cc(F)c(OC)c3c1c2C(NC(=O)C[C@H](C)C(C)(C)C)CC3. The number of methoxy groups -OCH3 is 1. The van der Waals surface area contributed by atoms with E-state index in [1.54, 1.807) is 17.6 Å². The minimum Gasteiger partial charge on any atom is -0.493 e. The lowest BCUT2D eigenvalue weighted by Gasteiger charge is -2.31. The van der Waals surface area contributed by atoms with Crippen molar-refractivity contribution >= 4 is 22.8 Å². The smallest absolute Gasteiger partial charge is 0.343 e. The standard InChI is InChI=1S/C32H36FN3O6/c1-7-32(40)19-11-23-27-17(13-36(23)29(38)18(19)14-42-30(32)39)26-21(34-24(37)10-15(2)31(3,4)5)9-8-16-25(26)22(35-27)12-20(33)28(16)41-6/h11-12,15,21,40H,7-10,13-14H2,1-6H3,(H,34,37)/t15-,21?,32-/m0/s1. The number of hydrogen-bond acceptors (Lipinski definition) is 7. The maximum Gasteiger partial charge on any atom is 0.343 e. The molecule has 2 aliphatic heterocycles. The van der Waals surface area contributed by atoms with Gasteiger partial charge in [0, 0.05) is 34.6 Å². The van der Waals surface area contributed by atoms with Crippen LogP contribution < -0.4 is 15.6 Å². The lowest BCUT2D eigenvalue weighted by atomic mass is 9.79. The largest absolute Gasteiger partial charge is 0.493 e. The van der Waals surface area contributed by atoms with Crippen LogP contribution in [0.25, 0.3) is 22.3 Å². The Morgan fingerprint density at radius 2 is 2.02 bits per heavy atom. The Bertz CT molecular complexity index is 1740. The number of aryl methyl sites for hydroxylation is 1. The molecule has 0 radical (unpaired) electrons. The highest BCUT2D eigenvalue weighted by Gasteiger charge is 2.46. The maximum absolute atomic E-state index is 15.2. The van der Waals surface area contributed by atoms with Crippen LogP contribution in [0.1, 0.15) is 87.7 Å². The fourth-order valence-electron chi connectivity index (χ4n) is 6.57. The first-order chi connectivity index (χ1) is 19.8. The number of fused-ring (bicyclic) bond motifs is 5. The molecule has 0 fully saturated rings. The van der Waals surface area contributed by atoms with Crippen molar-refractivity contribution < 1.29 is 28.6 Å². The number of carbonyl (C=O) groups is 2. The molecule has 0 saturated carbocycles. The second-order valence-electron chi connectivity index (χ2n) is 12.8. The minimum atomic E-state index is -1.96. The molecule has 42 heavy (non-hydrogen) atoms. The fraction of sp³-hybridized carbons (Fsp3) is 0.500. The summed E-state index contributed by atoms with van der Waals surface area (Å²) in [6.45, 7) is 9.97. The zero-order valence-corrected chi connectivity index (χ0v) is 24.8. The monoisotopic (exact) mass is 577 g/mol. The molecule has 0 saturated heterocycles. The quantitative estimate of drug-likeness (QED) is 0.338. The molecule has 0 spiro atoms. The second kappa shape index (κ2) is 9.62. The summed E-state index contributed by atoms with van der Waals surface area (Å²) < 4.78 is 27.5. The first-order valence-corrected chi connectivity index (χ1v) is 14.5. The number of amides is 1. The average Bonchev–Trinajstić information content (AvgIpc) is 3.30. The third-order valence-corrected chi connectivity index (χ3v) is 9.57. The lowest BCUT2D eigenvalue weighted by molar-refractivity contribution is -0.172. The highest BCUT2D eigenvalue weighted by Crippen LogP contribution is 2.47. The molecule has 1 aromatic carbocycles. The zero-order chi connectivity index (χ0) is 30.3. The number of nitrogens with one attached hydrogen (secondary N) is 1. The Labute approximate surface area is 243 Å². The van der Waals surface area contributed by atoms with Crippen molar-refractivity contribution in [1.29, 1.82) is 0 Å². The third kappa shape index (κ3) is 4.06. The van der Waals surface area contributed by atoms with Crippen molar-refractivity contribution in [3.05, 3.63) is 56.1 Å². The predicted molar refractivity (Wildman–Crippen MR) is 153 cm³/mol. The van der Waals surface area contributed by atoms with Crippen molar-refractivity contribution in [2.75, 3.05) is 7.11 Å². The third-order valence-electron chi connectivity index (χ3n) is 9.57. The van der Waals surface area contributed by atoms with E-state index in [9.17, 15) is 19.5 Å². The number of cyclic esters (lactones) is 1. The molecule has 10 heteroatoms. The summed E-state index contributed by atoms with van der Waals surface area (Å²) >= 11 is 0. The Balaban J connectivity index is 1.56. The molecule has 3 aliphatic rings. The molecule has 4 heterocycles. The van der Waals surface area contributed by atoms with Gasteiger partial charge in [-0.3, -0.25) is 9.59 Å². The molecular formula is C32H36FN3O6. The first kappa shape index (κ1) is 28.3. The number of ether oxygens (including phenoxy) is 2. The minimum absolute atomic E-state index is 0.0282. The number of esters is 1. The second-order valence-corrected chi connectivity index (χ2v) is 12.8. The van der Waals surface area contributed by atoms with Crippen LogP contribution in [0.15, 0.2) is 16.9 Å². The molecule has 1 amide bonds. The van der Waals surface area contributed by atoms with Crippen LogP contribution in [0.2, 0.25) is 0 Å². The van der Waals surface area contributed by atoms with Crippen LogP contribution in [0.3, 0.4) is 0 Å². The van der Waals surface area contributed by atoms with Gasteiger partial charge in [0.15, 0.2) is 17.2 Å². The molecule has 2 aromatic heterocycles. The van der Waals surface area contributed by atoms with Crippen LogP contribution >= 0.6 is 0 Å². The number of hydrogen-bond donors (Lipinski definition) is 2. The lowest BCUT2D eigenvalue weighted by Crippen LogP contribution is -2.44. The summed E-state index contributed by atoms with van der Waals surface area (Å²) in [5.74, 6) is -1.12. The van der Waals surface area contributed by atoms with Crippen LogP contribution in [0, 0.1) is 17.2 Å². The van der Waals surface area contributed by atoms with E-state index in [1.807, 2.05) is 0 Å². The van der Waals surface area contributed by atoms with Crippen LogP contribution in [-0.2, 0) is 39.5 Å². The Hall–Kier alpha value is -3.79. The maximum atomic E-state index is 15.2. The Morgan fingerprint density at radius 1 is 1.29 bits per heavy atom. The summed E-state index contributed by atoms with van der Waals surface area (Å²) in [4.78, 5) is 44.5. The number of benzene rings is 1. The van der Waals surface area contributed by atoms with Crippen molar-refractivity contribution in [1.82, 2.24) is 14.9 Å². The molecular weight excluding hydrogens is 541 g/mol. The summed E-state index contributed by atoms with van der Waals surface area (Å²) in [5, 5.41) is 15.2. The van der Waals surface area contributed by atoms with Gasteiger partial charge in [-0.2, -0.15) is 0 Å². The molecule has 0 bridgehead atoms. The Morgan fingerprint density at radius 3 is 2.69 bits per heavy atom. The molecule has 1 aliphatic carbocycles. The number of halogens is 1. The van der Waals surface area contributed by atoms with Crippen molar-refractivity contribution in [2.45, 2.75) is 85.1 Å². The van der Waals surface area contributed by atoms with Crippen molar-refractivity contribution in [3.8, 4) is 17.1 Å². The van der Waals surface area contributed by atoms with Gasteiger partial charge in [0.2, 0.25) is 5.91 Å². The van der Waals surface area contributed by atoms with Gasteiger partial charge in [-0.15, -0.1) is 0 Å². The molecule has 9 nitrogen and oxygen atoms in total. The number of carbonyl (C=O) groups excluding carboxylic acids is 2. The van der Waals surface area contributed by atoms with E-state index in [0.717, 1.165) is 16.5 Å². The number of pyridine rings is 2. The van der Waals surface area contributed by atoms with E-state index in [0.29, 0.717) is 41.7 Å². The highest BCUT2D eigenvalue weighted by molar-refractivity contribution is 5.94. The van der Waals surface area contributed by atoms with E-state index in [-0.39, 0.29) is 65.3 Å². The van der Waals surface area contributed by atoms with Gasteiger partial charge >= 0.3 is 5.97 Å². The topological polar surface area (TPSA) is 120 Å². The normalized spacial score (nSPS) is 21.3. The summed E-state index contributed by atoms with van der Waals surface area (Å²) in [6, 6.07) is 2.58. The number of rotatable bonds is 5. The van der Waals surface area contributed by atoms with Crippen molar-refractivity contribution in [2.24, 2.45) is 11.3 Å². The first-order valence-electron chi connectivity index (χ1n) is 14.5. The van der Waals surface area contributed by atoms with Gasteiger partial charge in [0.05, 0.1) is 42.2 Å². The van der Waals surface area contributed by atoms with E-state index in [2.05, 4.69) is 33.0 Å². The summed E-state index contributed by atoms with van der Waals surface area (Å²) in [5.41, 5.74) is 1.59. The molecule has 6 rings (SSSR count). The highest BCUT2D eigenvalue weighted by atomic mass is 19.1. The van der Waals surface area contributed by atoms with Gasteiger partial charge in [0.1, 0.15) is 6.61 Å². The van der Waals surface area contributed by atoms with Crippen LogP contribution in [0.4, 0.5) is 4.39 Å².